The molecule has 0 bridgehead atoms. The number of amides is 8. The van der Waals surface area contributed by atoms with E-state index in [2.05, 4.69) is 16.0 Å². The van der Waals surface area contributed by atoms with E-state index in [0.29, 0.717) is 50.4 Å². The molecule has 442 valence electrons. The van der Waals surface area contributed by atoms with Gasteiger partial charge in [-0.05, 0) is 92.7 Å². The SMILES string of the molecule is CC1=C(C(=O)N2CCNCC2)[C@@H](c2ccc(C#N)cc2)N(CC(=O)NCC[N+](C)(C)CCNC(=O)CN2C(=O)N(c3cccc(C(F)(F)F)c3)C(C)=C(C(=O)N3CCN(C)CC3)[C@H]2c2ccc(C#N)cc2)C(=O)N1c1cccc(C(F)(F)F)c1. The van der Waals surface area contributed by atoms with E-state index in [1.54, 1.807) is 34.1 Å². The van der Waals surface area contributed by atoms with Crippen LogP contribution < -0.4 is 25.8 Å². The van der Waals surface area contributed by atoms with Crippen molar-refractivity contribution in [3.63, 3.8) is 0 Å². The van der Waals surface area contributed by atoms with E-state index < -0.39 is 84.3 Å². The molecule has 4 aromatic carbocycles. The first-order valence-electron chi connectivity index (χ1n) is 27.1. The third-order valence-corrected chi connectivity index (χ3v) is 15.4. The molecule has 19 nitrogen and oxygen atoms in total. The molecule has 25 heteroatoms. The fourth-order valence-electron chi connectivity index (χ4n) is 10.7. The van der Waals surface area contributed by atoms with Crippen molar-refractivity contribution in [2.75, 3.05) is 123 Å². The largest absolute Gasteiger partial charge is 0.416 e. The number of hydrogen-bond acceptors (Lipinski definition) is 10. The van der Waals surface area contributed by atoms with Crippen molar-refractivity contribution in [3.8, 4) is 12.1 Å². The number of benzene rings is 4. The first-order valence-corrected chi connectivity index (χ1v) is 27.1. The van der Waals surface area contributed by atoms with Crippen molar-refractivity contribution < 1.29 is 59.6 Å². The molecule has 0 spiro atoms. The predicted molar refractivity (Wildman–Crippen MR) is 297 cm³/mol. The number of urea groups is 2. The summed E-state index contributed by atoms with van der Waals surface area (Å²) in [5.41, 5.74) is -0.967. The maximum absolute atomic E-state index is 14.9. The molecule has 0 aliphatic carbocycles. The second-order valence-corrected chi connectivity index (χ2v) is 21.6. The van der Waals surface area contributed by atoms with Gasteiger partial charge in [-0.2, -0.15) is 36.9 Å². The Kier molecular flexibility index (Phi) is 18.5. The third-order valence-electron chi connectivity index (χ3n) is 15.4. The lowest BCUT2D eigenvalue weighted by Gasteiger charge is -2.44. The van der Waals surface area contributed by atoms with Crippen LogP contribution in [0.25, 0.3) is 0 Å². The van der Waals surface area contributed by atoms with Crippen LogP contribution in [-0.4, -0.2) is 177 Å². The Balaban J connectivity index is 0.999. The highest BCUT2D eigenvalue weighted by Gasteiger charge is 2.47. The molecule has 3 N–H and O–H groups in total. The smallest absolute Gasteiger partial charge is 0.349 e. The number of likely N-dealkylation sites (N-methyl/N-ethyl adjacent to an activating group) is 2. The van der Waals surface area contributed by atoms with E-state index in [0.717, 1.165) is 56.0 Å². The molecule has 84 heavy (non-hydrogen) atoms. The topological polar surface area (TPSA) is 209 Å². The van der Waals surface area contributed by atoms with Gasteiger partial charge in [0.1, 0.15) is 13.1 Å². The number of carbonyl (C=O) groups excluding carboxylic acids is 6. The average molecular weight is 1170 g/mol. The number of nitrogens with zero attached hydrogens (tertiary/aromatic N) is 10. The van der Waals surface area contributed by atoms with Crippen LogP contribution in [0, 0.1) is 22.7 Å². The number of hydrogen-bond donors (Lipinski definition) is 3. The molecule has 2 fully saturated rings. The summed E-state index contributed by atoms with van der Waals surface area (Å²) in [6, 6.07) is 20.3. The molecule has 2 atom stereocenters. The molecule has 8 rings (SSSR count). The molecule has 0 radical (unpaired) electrons. The van der Waals surface area contributed by atoms with Gasteiger partial charge in [-0.1, -0.05) is 36.4 Å². The van der Waals surface area contributed by atoms with E-state index in [1.807, 2.05) is 38.2 Å². The number of alkyl halides is 6. The van der Waals surface area contributed by atoms with Gasteiger partial charge in [0, 0.05) is 63.8 Å². The van der Waals surface area contributed by atoms with Crippen molar-refractivity contribution in [2.45, 2.75) is 38.3 Å². The van der Waals surface area contributed by atoms with E-state index in [4.69, 9.17) is 0 Å². The van der Waals surface area contributed by atoms with Gasteiger partial charge in [0.25, 0.3) is 11.8 Å². The van der Waals surface area contributed by atoms with Gasteiger partial charge < -0.3 is 44.9 Å². The zero-order valence-corrected chi connectivity index (χ0v) is 47.0. The Morgan fingerprint density at radius 2 is 0.976 bits per heavy atom. The van der Waals surface area contributed by atoms with Crippen LogP contribution >= 0.6 is 0 Å². The van der Waals surface area contributed by atoms with Crippen LogP contribution in [0.1, 0.15) is 59.3 Å². The molecule has 4 heterocycles. The number of piperazine rings is 2. The lowest BCUT2D eigenvalue weighted by atomic mass is 9.91. The molecule has 0 saturated carbocycles. The molecule has 2 saturated heterocycles. The minimum absolute atomic E-state index is 0.0117. The van der Waals surface area contributed by atoms with Crippen molar-refractivity contribution in [2.24, 2.45) is 0 Å². The normalized spacial score (nSPS) is 18.4. The van der Waals surface area contributed by atoms with Crippen LogP contribution in [0.2, 0.25) is 0 Å². The van der Waals surface area contributed by atoms with Crippen molar-refractivity contribution in [1.29, 1.82) is 10.5 Å². The molecule has 4 aliphatic heterocycles. The van der Waals surface area contributed by atoms with Crippen LogP contribution in [-0.2, 0) is 31.5 Å². The Bertz CT molecular complexity index is 3320. The number of anilines is 2. The Hall–Kier alpha value is -8.78. The van der Waals surface area contributed by atoms with Crippen LogP contribution in [0.3, 0.4) is 0 Å². The summed E-state index contributed by atoms with van der Waals surface area (Å²) in [7, 11) is 5.53. The lowest BCUT2D eigenvalue weighted by molar-refractivity contribution is -0.887. The van der Waals surface area contributed by atoms with E-state index in [1.165, 1.54) is 50.2 Å². The molecule has 0 aromatic heterocycles. The van der Waals surface area contributed by atoms with Gasteiger partial charge in [0.15, 0.2) is 0 Å². The molecular weight excluding hydrogens is 1100 g/mol. The molecule has 4 aliphatic rings. The molecule has 4 aromatic rings. The Morgan fingerprint density at radius 1 is 0.595 bits per heavy atom. The standard InChI is InChI=1S/C59H63F6N13O6/c1-38-50(54(81)72-24-20-68-21-25-72)52(42-16-12-40(34-66)13-17-42)74(56(83)76(38)46-10-6-8-44(32-46)58(60,61)62)36-48(79)69-22-30-78(4,5)31-23-70-49(80)37-75-53(43-18-14-41(35-67)15-19-43)51(55(82)73-28-26-71(3)27-29-73)39(2)77(57(75)84)47-11-7-9-45(33-47)59(63,64)65/h6-19,32-33,52-53,68H,20-31,36-37H2,1-5H3,(H-,69,70,79,80)/p+1/t52-,53-/m1/s1. The van der Waals surface area contributed by atoms with E-state index >= 15 is 0 Å². The maximum atomic E-state index is 14.9. The van der Waals surface area contributed by atoms with Crippen molar-refractivity contribution >= 4 is 47.1 Å². The number of carbonyl (C=O) groups is 6. The highest BCUT2D eigenvalue weighted by molar-refractivity contribution is 6.07. The van der Waals surface area contributed by atoms with Crippen LogP contribution in [0.15, 0.2) is 120 Å². The number of halogens is 6. The monoisotopic (exact) mass is 1160 g/mol. The fourth-order valence-corrected chi connectivity index (χ4v) is 10.7. The summed E-state index contributed by atoms with van der Waals surface area (Å²) in [5.74, 6) is -2.33. The minimum Gasteiger partial charge on any atom is -0.349 e. The molecule has 8 amide bonds. The van der Waals surface area contributed by atoms with Gasteiger partial charge in [0.2, 0.25) is 11.8 Å². The zero-order valence-electron chi connectivity index (χ0n) is 47.0. The minimum atomic E-state index is -4.78. The average Bonchev–Trinajstić information content (AvgIpc) is 1.39. The van der Waals surface area contributed by atoms with Crippen molar-refractivity contribution in [3.05, 3.63) is 153 Å². The fraction of sp³-hybridized carbons (Fsp3) is 0.390. The summed E-state index contributed by atoms with van der Waals surface area (Å²) in [6.45, 7) is 5.29. The number of nitrogens with one attached hydrogen (secondary N) is 3. The number of quaternary nitrogens is 1. The maximum Gasteiger partial charge on any atom is 0.416 e. The summed E-state index contributed by atoms with van der Waals surface area (Å²) >= 11 is 0. The van der Waals surface area contributed by atoms with Crippen LogP contribution in [0.5, 0.6) is 0 Å². The Morgan fingerprint density at radius 3 is 1.35 bits per heavy atom. The second kappa shape index (κ2) is 25.4. The number of rotatable bonds is 16. The van der Waals surface area contributed by atoms with E-state index in [-0.39, 0.29) is 88.8 Å². The van der Waals surface area contributed by atoms with Gasteiger partial charge in [-0.15, -0.1) is 0 Å². The number of nitriles is 2. The predicted octanol–water partition coefficient (Wildman–Crippen LogP) is 6.20. The first-order chi connectivity index (χ1) is 39.8. The van der Waals surface area contributed by atoms with Gasteiger partial charge in [0.05, 0.1) is 109 Å². The zero-order chi connectivity index (χ0) is 60.8. The molecule has 0 unspecified atom stereocenters. The van der Waals surface area contributed by atoms with Gasteiger partial charge in [-0.3, -0.25) is 29.0 Å². The van der Waals surface area contributed by atoms with Gasteiger partial charge >= 0.3 is 24.4 Å². The highest BCUT2D eigenvalue weighted by Crippen LogP contribution is 2.44. The summed E-state index contributed by atoms with van der Waals surface area (Å²) in [4.78, 5) is 96.9. The lowest BCUT2D eigenvalue weighted by Crippen LogP contribution is -2.57. The van der Waals surface area contributed by atoms with Crippen molar-refractivity contribution in [1.82, 2.24) is 40.4 Å². The first kappa shape index (κ1) is 61.3. The second-order valence-electron chi connectivity index (χ2n) is 21.6. The molecular formula is C59H64F6N13O6+. The summed E-state index contributed by atoms with van der Waals surface area (Å²) in [6.07, 6.45) is -9.56. The summed E-state index contributed by atoms with van der Waals surface area (Å²) < 4.78 is 84.9. The van der Waals surface area contributed by atoms with E-state index in [9.17, 15) is 65.6 Å². The quantitative estimate of drug-likeness (QED) is 0.0856. The Labute approximate surface area is 482 Å². The summed E-state index contributed by atoms with van der Waals surface area (Å²) in [5, 5.41) is 28.1. The third kappa shape index (κ3) is 13.7. The number of allylic oxidation sites excluding steroid dienone is 2. The van der Waals surface area contributed by atoms with Crippen LogP contribution in [0.4, 0.5) is 47.3 Å². The highest BCUT2D eigenvalue weighted by atomic mass is 19.4. The van der Waals surface area contributed by atoms with Gasteiger partial charge in [-0.25, -0.2) is 9.59 Å².